The summed E-state index contributed by atoms with van der Waals surface area (Å²) in [4.78, 5) is 25.5. The Balaban J connectivity index is 1.69. The zero-order valence-corrected chi connectivity index (χ0v) is 12.5. The first-order chi connectivity index (χ1) is 10.0. The van der Waals surface area contributed by atoms with Crippen molar-refractivity contribution in [1.29, 1.82) is 0 Å². The molecule has 1 aromatic rings. The van der Waals surface area contributed by atoms with Gasteiger partial charge in [-0.15, -0.1) is 11.3 Å². The predicted molar refractivity (Wildman–Crippen MR) is 75.5 cm³/mol. The Morgan fingerprint density at radius 1 is 1.38 bits per heavy atom. The van der Waals surface area contributed by atoms with E-state index in [0.29, 0.717) is 48.9 Å². The third-order valence-electron chi connectivity index (χ3n) is 3.93. The van der Waals surface area contributed by atoms with E-state index in [0.717, 1.165) is 0 Å². The van der Waals surface area contributed by atoms with Gasteiger partial charge in [-0.25, -0.2) is 0 Å². The minimum atomic E-state index is -0.520. The van der Waals surface area contributed by atoms with Crippen LogP contribution in [0.15, 0.2) is 6.07 Å². The molecule has 2 aliphatic heterocycles. The van der Waals surface area contributed by atoms with Crippen LogP contribution >= 0.6 is 11.3 Å². The number of likely N-dealkylation sites (tertiary alicyclic amines) is 1. The van der Waals surface area contributed by atoms with Gasteiger partial charge in [0.2, 0.25) is 0 Å². The smallest absolute Gasteiger partial charge is 0.283 e. The van der Waals surface area contributed by atoms with E-state index >= 15 is 0 Å². The second-order valence-corrected chi connectivity index (χ2v) is 6.47. The highest BCUT2D eigenvalue weighted by molar-refractivity contribution is 7.14. The molecule has 114 valence electrons. The summed E-state index contributed by atoms with van der Waals surface area (Å²) in [6.45, 7) is 3.95. The minimum absolute atomic E-state index is 0.0132. The van der Waals surface area contributed by atoms with Crippen LogP contribution in [0.2, 0.25) is 0 Å². The molecule has 7 nitrogen and oxygen atoms in total. The van der Waals surface area contributed by atoms with Crippen molar-refractivity contribution < 1.29 is 19.2 Å². The van der Waals surface area contributed by atoms with Crippen molar-refractivity contribution in [2.75, 3.05) is 26.3 Å². The second kappa shape index (κ2) is 5.36. The Labute approximate surface area is 125 Å². The van der Waals surface area contributed by atoms with Gasteiger partial charge in [0.05, 0.1) is 27.9 Å². The van der Waals surface area contributed by atoms with Crippen LogP contribution in [0.3, 0.4) is 0 Å². The Morgan fingerprint density at radius 2 is 2.00 bits per heavy atom. The van der Waals surface area contributed by atoms with Crippen LogP contribution in [-0.4, -0.2) is 47.8 Å². The molecular weight excluding hydrogens is 296 g/mol. The monoisotopic (exact) mass is 312 g/mol. The Morgan fingerprint density at radius 3 is 2.52 bits per heavy atom. The van der Waals surface area contributed by atoms with E-state index < -0.39 is 10.7 Å². The van der Waals surface area contributed by atoms with Gasteiger partial charge in [-0.05, 0) is 6.92 Å². The number of thiophene rings is 1. The molecule has 0 unspecified atom stereocenters. The van der Waals surface area contributed by atoms with Crippen LogP contribution in [-0.2, 0) is 9.47 Å². The number of hydrogen-bond donors (Lipinski definition) is 0. The Bertz CT molecular complexity index is 569. The number of carbonyl (C=O) groups is 1. The number of aryl methyl sites for hydroxylation is 1. The van der Waals surface area contributed by atoms with Gasteiger partial charge in [-0.3, -0.25) is 14.9 Å². The van der Waals surface area contributed by atoms with Crippen molar-refractivity contribution in [2.24, 2.45) is 0 Å². The zero-order chi connectivity index (χ0) is 15.0. The number of amides is 1. The van der Waals surface area contributed by atoms with Crippen molar-refractivity contribution in [2.45, 2.75) is 25.6 Å². The molecule has 1 aromatic heterocycles. The number of hydrogen-bond acceptors (Lipinski definition) is 6. The van der Waals surface area contributed by atoms with E-state index in [-0.39, 0.29) is 11.6 Å². The molecule has 2 saturated heterocycles. The summed E-state index contributed by atoms with van der Waals surface area (Å²) >= 11 is 1.17. The molecule has 0 N–H and O–H groups in total. The maximum Gasteiger partial charge on any atom is 0.283 e. The van der Waals surface area contributed by atoms with Crippen molar-refractivity contribution in [1.82, 2.24) is 4.90 Å². The summed E-state index contributed by atoms with van der Waals surface area (Å²) in [5.41, 5.74) is 0.0132. The molecule has 0 bridgehead atoms. The second-order valence-electron chi connectivity index (χ2n) is 5.21. The molecule has 0 saturated carbocycles. The van der Waals surface area contributed by atoms with Crippen molar-refractivity contribution >= 4 is 22.9 Å². The molecule has 8 heteroatoms. The van der Waals surface area contributed by atoms with Crippen molar-refractivity contribution in [3.05, 3.63) is 25.9 Å². The lowest BCUT2D eigenvalue weighted by Gasteiger charge is -2.37. The van der Waals surface area contributed by atoms with Crippen molar-refractivity contribution in [3.8, 4) is 0 Å². The third kappa shape index (κ3) is 2.66. The highest BCUT2D eigenvalue weighted by Gasteiger charge is 2.41. The number of nitrogens with zero attached hydrogens (tertiary/aromatic N) is 2. The fraction of sp³-hybridized carbons (Fsp3) is 0.615. The summed E-state index contributed by atoms with van der Waals surface area (Å²) in [6.07, 6.45) is 1.29. The summed E-state index contributed by atoms with van der Waals surface area (Å²) in [5, 5.41) is 10.9. The SMILES string of the molecule is Cc1sc(C(=O)N2CCC3(CC2)OCCO3)cc1[N+](=O)[O-]. The van der Waals surface area contributed by atoms with E-state index in [4.69, 9.17) is 9.47 Å². The molecule has 3 heterocycles. The lowest BCUT2D eigenvalue weighted by Crippen LogP contribution is -2.47. The predicted octanol–water partition coefficient (Wildman–Crippen LogP) is 1.94. The van der Waals surface area contributed by atoms with Gasteiger partial charge >= 0.3 is 0 Å². The Hall–Kier alpha value is -1.51. The van der Waals surface area contributed by atoms with Crippen LogP contribution in [0.1, 0.15) is 27.4 Å². The van der Waals surface area contributed by atoms with E-state index in [1.54, 1.807) is 11.8 Å². The number of rotatable bonds is 2. The molecule has 2 aliphatic rings. The molecule has 21 heavy (non-hydrogen) atoms. The number of nitro groups is 1. The molecule has 0 atom stereocenters. The summed E-state index contributed by atoms with van der Waals surface area (Å²) in [6, 6.07) is 1.37. The maximum absolute atomic E-state index is 12.4. The molecule has 0 aliphatic carbocycles. The fourth-order valence-corrected chi connectivity index (χ4v) is 3.71. The maximum atomic E-state index is 12.4. The molecule has 1 amide bonds. The normalized spacial score (nSPS) is 20.9. The first-order valence-corrected chi connectivity index (χ1v) is 7.64. The average Bonchev–Trinajstić information content (AvgIpc) is 3.06. The molecule has 0 radical (unpaired) electrons. The third-order valence-corrected chi connectivity index (χ3v) is 4.95. The molecule has 0 aromatic carbocycles. The lowest BCUT2D eigenvalue weighted by atomic mass is 10.0. The number of ether oxygens (including phenoxy) is 2. The van der Waals surface area contributed by atoms with Crippen LogP contribution in [0.25, 0.3) is 0 Å². The quantitative estimate of drug-likeness (QED) is 0.616. The van der Waals surface area contributed by atoms with Crippen molar-refractivity contribution in [3.63, 3.8) is 0 Å². The van der Waals surface area contributed by atoms with Gasteiger partial charge in [-0.1, -0.05) is 0 Å². The molecule has 1 spiro atoms. The van der Waals surface area contributed by atoms with Crippen LogP contribution in [0.4, 0.5) is 5.69 Å². The van der Waals surface area contributed by atoms with Crippen LogP contribution < -0.4 is 0 Å². The van der Waals surface area contributed by atoms with Gasteiger partial charge in [0.25, 0.3) is 11.6 Å². The summed E-state index contributed by atoms with van der Waals surface area (Å²) < 4.78 is 11.2. The highest BCUT2D eigenvalue weighted by Crippen LogP contribution is 2.33. The van der Waals surface area contributed by atoms with E-state index in [9.17, 15) is 14.9 Å². The van der Waals surface area contributed by atoms with Gasteiger partial charge in [-0.2, -0.15) is 0 Å². The van der Waals surface area contributed by atoms with Crippen LogP contribution in [0.5, 0.6) is 0 Å². The number of carbonyl (C=O) groups excluding carboxylic acids is 1. The van der Waals surface area contributed by atoms with Gasteiger partial charge < -0.3 is 14.4 Å². The topological polar surface area (TPSA) is 81.9 Å². The Kier molecular flexibility index (Phi) is 3.68. The van der Waals surface area contributed by atoms with E-state index in [1.807, 2.05) is 0 Å². The van der Waals surface area contributed by atoms with E-state index in [1.165, 1.54) is 17.4 Å². The minimum Gasteiger partial charge on any atom is -0.347 e. The first-order valence-electron chi connectivity index (χ1n) is 6.83. The molecule has 2 fully saturated rings. The van der Waals surface area contributed by atoms with Gasteiger partial charge in [0, 0.05) is 32.0 Å². The largest absolute Gasteiger partial charge is 0.347 e. The molecular formula is C13H16N2O5S. The molecule has 3 rings (SSSR count). The summed E-state index contributed by atoms with van der Waals surface area (Å²) in [5.74, 6) is -0.669. The van der Waals surface area contributed by atoms with Crippen LogP contribution in [0, 0.1) is 17.0 Å². The highest BCUT2D eigenvalue weighted by atomic mass is 32.1. The number of piperidine rings is 1. The van der Waals surface area contributed by atoms with Gasteiger partial charge in [0.15, 0.2) is 5.79 Å². The van der Waals surface area contributed by atoms with Gasteiger partial charge in [0.1, 0.15) is 0 Å². The lowest BCUT2D eigenvalue weighted by molar-refractivity contribution is -0.385. The summed E-state index contributed by atoms with van der Waals surface area (Å²) in [7, 11) is 0. The first kappa shape index (κ1) is 14.4. The van der Waals surface area contributed by atoms with E-state index in [2.05, 4.69) is 0 Å². The standard InChI is InChI=1S/C13H16N2O5S/c1-9-10(15(17)18)8-11(21-9)12(16)14-4-2-13(3-5-14)19-6-7-20-13/h8H,2-7H2,1H3. The fourth-order valence-electron chi connectivity index (χ4n) is 2.75. The zero-order valence-electron chi connectivity index (χ0n) is 11.7. The average molecular weight is 312 g/mol.